The van der Waals surface area contributed by atoms with Crippen LogP contribution in [0, 0.1) is 5.41 Å². The Bertz CT molecular complexity index is 415. The van der Waals surface area contributed by atoms with Crippen LogP contribution in [0.15, 0.2) is 24.3 Å². The third-order valence-corrected chi connectivity index (χ3v) is 5.22. The van der Waals surface area contributed by atoms with Gasteiger partial charge in [-0.15, -0.1) is 0 Å². The minimum Gasteiger partial charge on any atom is -0.497 e. The monoisotopic (exact) mass is 291 g/mol. The van der Waals surface area contributed by atoms with Crippen molar-refractivity contribution in [1.29, 1.82) is 0 Å². The number of rotatable bonds is 6. The molecule has 1 aromatic rings. The van der Waals surface area contributed by atoms with E-state index in [1.165, 1.54) is 5.56 Å². The molecular formula is C18H29NO2. The molecule has 0 spiro atoms. The lowest BCUT2D eigenvalue weighted by atomic mass is 9.77. The highest BCUT2D eigenvalue weighted by atomic mass is 16.5. The first kappa shape index (κ1) is 16.3. The van der Waals surface area contributed by atoms with Crippen molar-refractivity contribution in [3.8, 4) is 5.75 Å². The SMILES string of the molecule is CCC1(CO)CCN(CC(C)c2ccc(OC)cc2)CC1. The van der Waals surface area contributed by atoms with Gasteiger partial charge in [0.15, 0.2) is 0 Å². The maximum Gasteiger partial charge on any atom is 0.118 e. The molecule has 1 aliphatic rings. The summed E-state index contributed by atoms with van der Waals surface area (Å²) in [5.41, 5.74) is 1.55. The normalized spacial score (nSPS) is 20.2. The molecule has 1 fully saturated rings. The third kappa shape index (κ3) is 3.98. The summed E-state index contributed by atoms with van der Waals surface area (Å²) < 4.78 is 5.21. The molecule has 1 atom stereocenters. The van der Waals surface area contributed by atoms with Crippen LogP contribution in [0.2, 0.25) is 0 Å². The summed E-state index contributed by atoms with van der Waals surface area (Å²) >= 11 is 0. The molecule has 0 bridgehead atoms. The number of nitrogens with zero attached hydrogens (tertiary/aromatic N) is 1. The van der Waals surface area contributed by atoms with Gasteiger partial charge in [-0.3, -0.25) is 0 Å². The second-order valence-corrected chi connectivity index (χ2v) is 6.49. The maximum atomic E-state index is 9.61. The minimum atomic E-state index is 0.180. The van der Waals surface area contributed by atoms with Gasteiger partial charge in [0.25, 0.3) is 0 Å². The Kier molecular flexibility index (Phi) is 5.65. The molecule has 3 nitrogen and oxygen atoms in total. The zero-order valence-electron chi connectivity index (χ0n) is 13.6. The van der Waals surface area contributed by atoms with Gasteiger partial charge < -0.3 is 14.7 Å². The Hall–Kier alpha value is -1.06. The van der Waals surface area contributed by atoms with Gasteiger partial charge in [0, 0.05) is 13.2 Å². The number of aliphatic hydroxyl groups excluding tert-OH is 1. The second kappa shape index (κ2) is 7.28. The summed E-state index contributed by atoms with van der Waals surface area (Å²) in [6.45, 7) is 8.13. The van der Waals surface area contributed by atoms with Crippen molar-refractivity contribution in [2.75, 3.05) is 33.4 Å². The van der Waals surface area contributed by atoms with Crippen LogP contribution in [0.25, 0.3) is 0 Å². The topological polar surface area (TPSA) is 32.7 Å². The molecule has 0 saturated carbocycles. The van der Waals surface area contributed by atoms with Gasteiger partial charge in [-0.1, -0.05) is 26.0 Å². The van der Waals surface area contributed by atoms with E-state index in [0.717, 1.165) is 44.6 Å². The van der Waals surface area contributed by atoms with Crippen LogP contribution in [-0.2, 0) is 0 Å². The van der Waals surface area contributed by atoms with E-state index in [-0.39, 0.29) is 5.41 Å². The first-order valence-corrected chi connectivity index (χ1v) is 8.09. The van der Waals surface area contributed by atoms with Crippen molar-refractivity contribution in [2.45, 2.75) is 39.0 Å². The molecule has 0 radical (unpaired) electrons. The zero-order chi connectivity index (χ0) is 15.3. The predicted octanol–water partition coefficient (Wildman–Crippen LogP) is 3.28. The molecule has 1 unspecified atom stereocenters. The van der Waals surface area contributed by atoms with Crippen molar-refractivity contribution < 1.29 is 9.84 Å². The summed E-state index contributed by atoms with van der Waals surface area (Å²) in [7, 11) is 1.70. The van der Waals surface area contributed by atoms with Crippen molar-refractivity contribution in [1.82, 2.24) is 4.90 Å². The van der Waals surface area contributed by atoms with E-state index in [9.17, 15) is 5.11 Å². The number of likely N-dealkylation sites (tertiary alicyclic amines) is 1. The van der Waals surface area contributed by atoms with Crippen molar-refractivity contribution in [3.63, 3.8) is 0 Å². The Labute approximate surface area is 128 Å². The molecule has 21 heavy (non-hydrogen) atoms. The summed E-state index contributed by atoms with van der Waals surface area (Å²) in [4.78, 5) is 2.54. The van der Waals surface area contributed by atoms with Crippen LogP contribution in [-0.4, -0.2) is 43.4 Å². The average Bonchev–Trinajstić information content (AvgIpc) is 2.56. The highest BCUT2D eigenvalue weighted by molar-refractivity contribution is 5.29. The van der Waals surface area contributed by atoms with Gasteiger partial charge in [-0.05, 0) is 61.4 Å². The Morgan fingerprint density at radius 3 is 2.33 bits per heavy atom. The minimum absolute atomic E-state index is 0.180. The molecule has 118 valence electrons. The number of hydrogen-bond donors (Lipinski definition) is 1. The Balaban J connectivity index is 1.87. The molecule has 0 aromatic heterocycles. The van der Waals surface area contributed by atoms with Gasteiger partial charge in [0.2, 0.25) is 0 Å². The van der Waals surface area contributed by atoms with Crippen LogP contribution < -0.4 is 4.74 Å². The fraction of sp³-hybridized carbons (Fsp3) is 0.667. The molecule has 2 rings (SSSR count). The van der Waals surface area contributed by atoms with E-state index in [1.54, 1.807) is 7.11 Å². The predicted molar refractivity (Wildman–Crippen MR) is 86.9 cm³/mol. The molecule has 1 N–H and O–H groups in total. The molecule has 1 aliphatic heterocycles. The molecule has 1 saturated heterocycles. The second-order valence-electron chi connectivity index (χ2n) is 6.49. The van der Waals surface area contributed by atoms with Crippen molar-refractivity contribution in [3.05, 3.63) is 29.8 Å². The quantitative estimate of drug-likeness (QED) is 0.873. The number of aliphatic hydroxyl groups is 1. The highest BCUT2D eigenvalue weighted by Crippen LogP contribution is 2.34. The van der Waals surface area contributed by atoms with Gasteiger partial charge >= 0.3 is 0 Å². The van der Waals surface area contributed by atoms with E-state index in [2.05, 4.69) is 30.9 Å². The van der Waals surface area contributed by atoms with Crippen LogP contribution in [0.3, 0.4) is 0 Å². The molecular weight excluding hydrogens is 262 g/mol. The van der Waals surface area contributed by atoms with Crippen molar-refractivity contribution >= 4 is 0 Å². The standard InChI is InChI=1S/C18H29NO2/c1-4-18(14-20)9-11-19(12-10-18)13-15(2)16-5-7-17(21-3)8-6-16/h5-8,15,20H,4,9-14H2,1-3H3. The van der Waals surface area contributed by atoms with E-state index < -0.39 is 0 Å². The van der Waals surface area contributed by atoms with Gasteiger partial charge in [-0.25, -0.2) is 0 Å². The van der Waals surface area contributed by atoms with E-state index in [4.69, 9.17) is 4.74 Å². The smallest absolute Gasteiger partial charge is 0.118 e. The number of piperidine rings is 1. The zero-order valence-corrected chi connectivity index (χ0v) is 13.6. The van der Waals surface area contributed by atoms with E-state index in [0.29, 0.717) is 12.5 Å². The Morgan fingerprint density at radius 2 is 1.86 bits per heavy atom. The summed E-state index contributed by atoms with van der Waals surface area (Å²) in [6.07, 6.45) is 3.33. The third-order valence-electron chi connectivity index (χ3n) is 5.22. The number of hydrogen-bond acceptors (Lipinski definition) is 3. The Morgan fingerprint density at radius 1 is 1.24 bits per heavy atom. The highest BCUT2D eigenvalue weighted by Gasteiger charge is 2.32. The molecule has 1 aromatic carbocycles. The van der Waals surface area contributed by atoms with Gasteiger partial charge in [-0.2, -0.15) is 0 Å². The average molecular weight is 291 g/mol. The number of benzene rings is 1. The summed E-state index contributed by atoms with van der Waals surface area (Å²) in [5.74, 6) is 1.44. The summed E-state index contributed by atoms with van der Waals surface area (Å²) in [6, 6.07) is 8.40. The number of methoxy groups -OCH3 is 1. The van der Waals surface area contributed by atoms with Gasteiger partial charge in [0.1, 0.15) is 5.75 Å². The number of ether oxygens (including phenoxy) is 1. The molecule has 1 heterocycles. The first-order valence-electron chi connectivity index (χ1n) is 8.09. The van der Waals surface area contributed by atoms with Gasteiger partial charge in [0.05, 0.1) is 7.11 Å². The van der Waals surface area contributed by atoms with E-state index >= 15 is 0 Å². The van der Waals surface area contributed by atoms with Crippen LogP contribution in [0.4, 0.5) is 0 Å². The molecule has 0 amide bonds. The summed E-state index contributed by atoms with van der Waals surface area (Å²) in [5, 5.41) is 9.61. The fourth-order valence-corrected chi connectivity index (χ4v) is 3.26. The molecule has 3 heteroatoms. The lowest BCUT2D eigenvalue weighted by Gasteiger charge is -2.41. The molecule has 0 aliphatic carbocycles. The largest absolute Gasteiger partial charge is 0.497 e. The van der Waals surface area contributed by atoms with Crippen molar-refractivity contribution in [2.24, 2.45) is 5.41 Å². The lowest BCUT2D eigenvalue weighted by molar-refractivity contribution is 0.0394. The van der Waals surface area contributed by atoms with Crippen LogP contribution >= 0.6 is 0 Å². The lowest BCUT2D eigenvalue weighted by Crippen LogP contribution is -2.42. The first-order chi connectivity index (χ1) is 10.1. The van der Waals surface area contributed by atoms with Crippen LogP contribution in [0.5, 0.6) is 5.75 Å². The van der Waals surface area contributed by atoms with E-state index in [1.807, 2.05) is 12.1 Å². The fourth-order valence-electron chi connectivity index (χ4n) is 3.26. The maximum absolute atomic E-state index is 9.61. The van der Waals surface area contributed by atoms with Crippen LogP contribution in [0.1, 0.15) is 44.6 Å².